The smallest absolute Gasteiger partial charge is 0.0845 e. The van der Waals surface area contributed by atoms with Gasteiger partial charge in [-0.05, 0) is 89.9 Å². The molecule has 0 unspecified atom stereocenters. The van der Waals surface area contributed by atoms with Gasteiger partial charge in [0.1, 0.15) is 0 Å². The van der Waals surface area contributed by atoms with Crippen LogP contribution >= 0.6 is 0 Å². The van der Waals surface area contributed by atoms with Crippen LogP contribution in [-0.4, -0.2) is 65.8 Å². The Hall–Kier alpha value is -2.62. The van der Waals surface area contributed by atoms with Crippen LogP contribution < -0.4 is 19.6 Å². The standard InChI is InChI=1S/C48H82N6.Pd/c1-11-16-17-18-19-20-21-22-23-24-25-26-27-28-29-30-31-32-33-34-44(50-43-36-38-46(52(8)13-3)48(40-43)54(10)15-5)41(6)49-42-35-37-45(51(7)12-2)47(39-42)53(9)14-4;/h33-40H,11-32H2,1-10H3;. The number of hydrogen-bond donors (Lipinski definition) is 0. The van der Waals surface area contributed by atoms with Crippen molar-refractivity contribution in [2.45, 2.75) is 157 Å². The van der Waals surface area contributed by atoms with Crippen molar-refractivity contribution in [1.82, 2.24) is 0 Å². The van der Waals surface area contributed by atoms with E-state index in [0.717, 1.165) is 55.4 Å². The summed E-state index contributed by atoms with van der Waals surface area (Å²) in [4.78, 5) is 19.6. The summed E-state index contributed by atoms with van der Waals surface area (Å²) < 4.78 is 0. The zero-order valence-electron chi connectivity index (χ0n) is 37.2. The number of hydrogen-bond acceptors (Lipinski definition) is 6. The van der Waals surface area contributed by atoms with Gasteiger partial charge in [-0.15, -0.1) is 0 Å². The molecule has 0 saturated carbocycles. The van der Waals surface area contributed by atoms with Gasteiger partial charge < -0.3 is 19.6 Å². The summed E-state index contributed by atoms with van der Waals surface area (Å²) in [5.41, 5.74) is 8.62. The largest absolute Gasteiger partial charge is 0.373 e. The van der Waals surface area contributed by atoms with E-state index < -0.39 is 0 Å². The monoisotopic (exact) mass is 849 g/mol. The van der Waals surface area contributed by atoms with Crippen LogP contribution in [-0.2, 0) is 20.4 Å². The van der Waals surface area contributed by atoms with Gasteiger partial charge in [-0.1, -0.05) is 116 Å². The van der Waals surface area contributed by atoms with Crippen molar-refractivity contribution >= 4 is 45.5 Å². The van der Waals surface area contributed by atoms with Gasteiger partial charge in [-0.2, -0.15) is 0 Å². The Kier molecular flexibility index (Phi) is 28.0. The predicted molar refractivity (Wildman–Crippen MR) is 246 cm³/mol. The number of benzene rings is 2. The summed E-state index contributed by atoms with van der Waals surface area (Å²) in [5.74, 6) is 0. The Balaban J connectivity index is 0.0000151. The summed E-state index contributed by atoms with van der Waals surface area (Å²) >= 11 is 0. The SMILES string of the molecule is CCCCCCCCCCCCCCCCCCCC=CC(=Nc1ccc(N(C)CC)c(N(C)CC)c1)C(C)=Nc1ccc(N(C)CC)c(N(C)CC)c1.[Pd]. The minimum Gasteiger partial charge on any atom is -0.373 e. The molecule has 0 radical (unpaired) electrons. The average Bonchev–Trinajstić information content (AvgIpc) is 3.19. The first kappa shape index (κ1) is 50.4. The van der Waals surface area contributed by atoms with Gasteiger partial charge in [0.15, 0.2) is 0 Å². The molecule has 0 spiro atoms. The quantitative estimate of drug-likeness (QED) is 0.0446. The van der Waals surface area contributed by atoms with Crippen molar-refractivity contribution in [2.75, 3.05) is 74.0 Å². The summed E-state index contributed by atoms with van der Waals surface area (Å²) in [6.07, 6.45) is 29.4. The first-order valence-corrected chi connectivity index (χ1v) is 22.1. The third kappa shape index (κ3) is 19.4. The molecule has 2 aromatic rings. The van der Waals surface area contributed by atoms with E-state index in [1.54, 1.807) is 0 Å². The van der Waals surface area contributed by atoms with Gasteiger partial charge in [0.2, 0.25) is 0 Å². The molecule has 0 aliphatic rings. The third-order valence-electron chi connectivity index (χ3n) is 11.1. The average molecular weight is 850 g/mol. The Morgan fingerprint density at radius 2 is 0.818 bits per heavy atom. The minimum absolute atomic E-state index is 0. The first-order chi connectivity index (χ1) is 26.2. The fraction of sp³-hybridized carbons (Fsp3) is 0.667. The molecule has 2 rings (SSSR count). The molecule has 7 heteroatoms. The van der Waals surface area contributed by atoms with Gasteiger partial charge in [-0.3, -0.25) is 4.99 Å². The minimum atomic E-state index is 0. The number of nitrogens with zero attached hydrogens (tertiary/aromatic N) is 6. The third-order valence-corrected chi connectivity index (χ3v) is 11.1. The van der Waals surface area contributed by atoms with Crippen molar-refractivity contribution in [1.29, 1.82) is 0 Å². The Bertz CT molecular complexity index is 1380. The summed E-state index contributed by atoms with van der Waals surface area (Å²) in [6.45, 7) is 17.0. The fourth-order valence-electron chi connectivity index (χ4n) is 6.91. The second kappa shape index (κ2) is 30.5. The molecule has 0 heterocycles. The number of unbranched alkanes of at least 4 members (excludes halogenated alkanes) is 17. The van der Waals surface area contributed by atoms with E-state index in [9.17, 15) is 0 Å². The molecule has 0 N–H and O–H groups in total. The van der Waals surface area contributed by atoms with Crippen LogP contribution in [0.5, 0.6) is 0 Å². The van der Waals surface area contributed by atoms with E-state index in [1.165, 1.54) is 132 Å². The van der Waals surface area contributed by atoms with Crippen molar-refractivity contribution in [2.24, 2.45) is 9.98 Å². The van der Waals surface area contributed by atoms with Crippen LogP contribution in [0.3, 0.4) is 0 Å². The van der Waals surface area contributed by atoms with E-state index >= 15 is 0 Å². The molecule has 2 aromatic carbocycles. The molecular formula is C48H82N6Pd. The van der Waals surface area contributed by atoms with Gasteiger partial charge in [0, 0.05) is 74.8 Å². The first-order valence-electron chi connectivity index (χ1n) is 22.1. The summed E-state index contributed by atoms with van der Waals surface area (Å²) in [5, 5.41) is 0. The molecule has 0 aliphatic carbocycles. The number of rotatable bonds is 30. The number of anilines is 4. The molecule has 0 fully saturated rings. The van der Waals surface area contributed by atoms with Crippen LogP contribution in [0.4, 0.5) is 34.1 Å². The van der Waals surface area contributed by atoms with Crippen molar-refractivity contribution in [3.05, 3.63) is 48.6 Å². The summed E-state index contributed by atoms with van der Waals surface area (Å²) in [6, 6.07) is 13.2. The molecule has 0 bridgehead atoms. The normalized spacial score (nSPS) is 12.0. The maximum atomic E-state index is 5.24. The zero-order valence-corrected chi connectivity index (χ0v) is 38.7. The topological polar surface area (TPSA) is 37.7 Å². The molecule has 0 amide bonds. The molecule has 0 atom stereocenters. The second-order valence-electron chi connectivity index (χ2n) is 15.4. The fourth-order valence-corrected chi connectivity index (χ4v) is 6.91. The summed E-state index contributed by atoms with van der Waals surface area (Å²) in [7, 11) is 8.62. The maximum Gasteiger partial charge on any atom is 0.0845 e. The van der Waals surface area contributed by atoms with Gasteiger partial charge in [-0.25, -0.2) is 4.99 Å². The Morgan fingerprint density at radius 3 is 1.20 bits per heavy atom. The molecule has 6 nitrogen and oxygen atoms in total. The van der Waals surface area contributed by atoms with Gasteiger partial charge in [0.05, 0.1) is 45.5 Å². The zero-order chi connectivity index (χ0) is 39.6. The Morgan fingerprint density at radius 1 is 0.473 bits per heavy atom. The van der Waals surface area contributed by atoms with Crippen molar-refractivity contribution in [3.63, 3.8) is 0 Å². The van der Waals surface area contributed by atoms with E-state index in [2.05, 4.69) is 138 Å². The van der Waals surface area contributed by atoms with Crippen molar-refractivity contribution in [3.8, 4) is 0 Å². The predicted octanol–water partition coefficient (Wildman–Crippen LogP) is 14.0. The van der Waals surface area contributed by atoms with E-state index in [-0.39, 0.29) is 20.4 Å². The number of allylic oxidation sites excluding steroid dienone is 2. The van der Waals surface area contributed by atoms with E-state index in [0.29, 0.717) is 0 Å². The van der Waals surface area contributed by atoms with Gasteiger partial charge in [0.25, 0.3) is 0 Å². The molecule has 314 valence electrons. The molecule has 0 aromatic heterocycles. The second-order valence-corrected chi connectivity index (χ2v) is 15.4. The molecule has 0 aliphatic heterocycles. The molecule has 55 heavy (non-hydrogen) atoms. The van der Waals surface area contributed by atoms with Crippen LogP contribution in [0, 0.1) is 0 Å². The van der Waals surface area contributed by atoms with Crippen LogP contribution in [0.2, 0.25) is 0 Å². The van der Waals surface area contributed by atoms with E-state index in [4.69, 9.17) is 9.98 Å². The van der Waals surface area contributed by atoms with Crippen LogP contribution in [0.1, 0.15) is 157 Å². The van der Waals surface area contributed by atoms with Crippen LogP contribution in [0.25, 0.3) is 0 Å². The molecular weight excluding hydrogens is 767 g/mol. The van der Waals surface area contributed by atoms with Crippen LogP contribution in [0.15, 0.2) is 58.5 Å². The number of aliphatic imine (C=N–C) groups is 2. The van der Waals surface area contributed by atoms with Crippen molar-refractivity contribution < 1.29 is 20.4 Å². The van der Waals surface area contributed by atoms with Gasteiger partial charge >= 0.3 is 0 Å². The molecule has 0 saturated heterocycles. The Labute approximate surface area is 354 Å². The van der Waals surface area contributed by atoms with E-state index in [1.807, 2.05) is 0 Å². The maximum absolute atomic E-state index is 5.24.